The van der Waals surface area contributed by atoms with E-state index in [1.54, 1.807) is 30.8 Å². The predicted molar refractivity (Wildman–Crippen MR) is 79.5 cm³/mol. The highest BCUT2D eigenvalue weighted by molar-refractivity contribution is 7.99. The van der Waals surface area contributed by atoms with Gasteiger partial charge in [-0.15, -0.1) is 0 Å². The molecule has 2 heterocycles. The molecule has 0 atom stereocenters. The Morgan fingerprint density at radius 2 is 1.95 bits per heavy atom. The molecule has 122 valence electrons. The van der Waals surface area contributed by atoms with Crippen molar-refractivity contribution in [3.8, 4) is 0 Å². The summed E-state index contributed by atoms with van der Waals surface area (Å²) in [6.45, 7) is 3.00. The monoisotopic (exact) mass is 334 g/mol. The second kappa shape index (κ2) is 7.39. The van der Waals surface area contributed by atoms with Crippen molar-refractivity contribution in [3.63, 3.8) is 0 Å². The molecule has 1 fully saturated rings. The topological polar surface area (TPSA) is 31.6 Å². The minimum atomic E-state index is -4.46. The Balaban J connectivity index is 1.92. The van der Waals surface area contributed by atoms with E-state index in [2.05, 4.69) is 0 Å². The number of hydrogen-bond acceptors (Lipinski definition) is 4. The van der Waals surface area contributed by atoms with Gasteiger partial charge in [-0.1, -0.05) is 6.08 Å². The molecule has 22 heavy (non-hydrogen) atoms. The molecule has 2 rings (SSSR count). The highest BCUT2D eigenvalue weighted by Gasteiger charge is 2.34. The van der Waals surface area contributed by atoms with Crippen LogP contribution in [0.2, 0.25) is 0 Å². The summed E-state index contributed by atoms with van der Waals surface area (Å²) < 4.78 is 53.0. The maximum atomic E-state index is 12.4. The summed E-state index contributed by atoms with van der Waals surface area (Å²) in [6.07, 6.45) is 2.11. The Hall–Kier alpha value is -1.18. The van der Waals surface area contributed by atoms with Crippen LogP contribution in [0.4, 0.5) is 13.2 Å². The average Bonchev–Trinajstić information content (AvgIpc) is 2.94. The van der Waals surface area contributed by atoms with Crippen LogP contribution in [0, 0.1) is 0 Å². The van der Waals surface area contributed by atoms with Crippen molar-refractivity contribution in [2.75, 3.05) is 19.5 Å². The van der Waals surface area contributed by atoms with Crippen molar-refractivity contribution in [3.05, 3.63) is 41.4 Å². The van der Waals surface area contributed by atoms with Gasteiger partial charge in [-0.2, -0.15) is 24.9 Å². The van der Waals surface area contributed by atoms with Crippen LogP contribution < -0.4 is 0 Å². The van der Waals surface area contributed by atoms with Gasteiger partial charge in [-0.05, 0) is 43.0 Å². The largest absolute Gasteiger partial charge is 0.452 e. The molecular weight excluding hydrogens is 317 g/mol. The first kappa shape index (κ1) is 17.2. The average molecular weight is 334 g/mol. The molecule has 0 bridgehead atoms. The lowest BCUT2D eigenvalue weighted by atomic mass is 10.2. The number of halogens is 3. The predicted octanol–water partition coefficient (Wildman–Crippen LogP) is 4.36. The molecular formula is C15H17F3O3S. The van der Waals surface area contributed by atoms with Gasteiger partial charge in [-0.25, -0.2) is 0 Å². The van der Waals surface area contributed by atoms with Crippen LogP contribution in [0.5, 0.6) is 0 Å². The van der Waals surface area contributed by atoms with Gasteiger partial charge < -0.3 is 13.9 Å². The molecule has 1 aliphatic heterocycles. The van der Waals surface area contributed by atoms with E-state index in [1.165, 1.54) is 12.1 Å². The first-order valence-electron chi connectivity index (χ1n) is 6.68. The zero-order valence-corrected chi connectivity index (χ0v) is 13.0. The zero-order valence-electron chi connectivity index (χ0n) is 12.2. The lowest BCUT2D eigenvalue weighted by molar-refractivity contribution is -0.153. The van der Waals surface area contributed by atoms with Gasteiger partial charge in [0.1, 0.15) is 5.76 Å². The quantitative estimate of drug-likeness (QED) is 0.766. The van der Waals surface area contributed by atoms with E-state index in [9.17, 15) is 13.2 Å². The van der Waals surface area contributed by atoms with Gasteiger partial charge >= 0.3 is 6.18 Å². The molecule has 0 spiro atoms. The van der Waals surface area contributed by atoms with Crippen LogP contribution in [0.25, 0.3) is 6.08 Å². The van der Waals surface area contributed by atoms with Crippen molar-refractivity contribution >= 4 is 17.8 Å². The molecule has 0 aliphatic carbocycles. The summed E-state index contributed by atoms with van der Waals surface area (Å²) >= 11 is 1.69. The van der Waals surface area contributed by atoms with Crippen molar-refractivity contribution < 1.29 is 27.1 Å². The van der Waals surface area contributed by atoms with E-state index >= 15 is 0 Å². The van der Waals surface area contributed by atoms with E-state index in [-0.39, 0.29) is 5.76 Å². The van der Waals surface area contributed by atoms with Gasteiger partial charge in [0.2, 0.25) is 5.76 Å². The van der Waals surface area contributed by atoms with Crippen LogP contribution >= 0.6 is 11.8 Å². The molecule has 0 radical (unpaired) electrons. The third-order valence-electron chi connectivity index (χ3n) is 3.02. The minimum Gasteiger partial charge on any atom is -0.452 e. The molecule has 0 aromatic carbocycles. The van der Waals surface area contributed by atoms with Gasteiger partial charge in [0, 0.05) is 0 Å². The first-order chi connectivity index (χ1) is 10.4. The van der Waals surface area contributed by atoms with Crippen LogP contribution in [-0.4, -0.2) is 31.0 Å². The molecule has 0 amide bonds. The van der Waals surface area contributed by atoms with Gasteiger partial charge in [0.15, 0.2) is 6.29 Å². The second-order valence-corrected chi connectivity index (χ2v) is 5.98. The number of alkyl halides is 3. The lowest BCUT2D eigenvalue weighted by Gasteiger charge is -2.26. The fourth-order valence-electron chi connectivity index (χ4n) is 1.83. The third kappa shape index (κ3) is 4.93. The SMILES string of the molecule is CSC1COC(/C=C/C(C)=C/c2ccc(C(F)(F)F)o2)OC1. The summed E-state index contributed by atoms with van der Waals surface area (Å²) in [6, 6.07) is 2.20. The van der Waals surface area contributed by atoms with E-state index in [4.69, 9.17) is 13.9 Å². The number of furan rings is 1. The molecule has 1 aromatic rings. The van der Waals surface area contributed by atoms with E-state index in [1.807, 2.05) is 6.26 Å². The van der Waals surface area contributed by atoms with Crippen LogP contribution in [0.15, 0.2) is 34.3 Å². The maximum Gasteiger partial charge on any atom is 0.449 e. The Morgan fingerprint density at radius 1 is 1.27 bits per heavy atom. The van der Waals surface area contributed by atoms with Crippen molar-refractivity contribution in [2.45, 2.75) is 24.6 Å². The lowest BCUT2D eigenvalue weighted by Crippen LogP contribution is -2.32. The Morgan fingerprint density at radius 3 is 2.50 bits per heavy atom. The summed E-state index contributed by atoms with van der Waals surface area (Å²) in [5.41, 5.74) is 0.738. The first-order valence-corrected chi connectivity index (χ1v) is 7.97. The van der Waals surface area contributed by atoms with Crippen molar-refractivity contribution in [1.82, 2.24) is 0 Å². The molecule has 1 saturated heterocycles. The smallest absolute Gasteiger partial charge is 0.449 e. The molecule has 1 aromatic heterocycles. The fourth-order valence-corrected chi connectivity index (χ4v) is 2.26. The number of allylic oxidation sites excluding steroid dienone is 2. The van der Waals surface area contributed by atoms with Gasteiger partial charge in [0.25, 0.3) is 0 Å². The third-order valence-corrected chi connectivity index (χ3v) is 3.96. The molecule has 3 nitrogen and oxygen atoms in total. The molecule has 7 heteroatoms. The molecule has 0 unspecified atom stereocenters. The van der Waals surface area contributed by atoms with Crippen LogP contribution in [-0.2, 0) is 15.7 Å². The van der Waals surface area contributed by atoms with E-state index in [0.717, 1.165) is 11.6 Å². The minimum absolute atomic E-state index is 0.155. The number of ether oxygens (including phenoxy) is 2. The summed E-state index contributed by atoms with van der Waals surface area (Å²) in [5, 5.41) is 0.338. The highest BCUT2D eigenvalue weighted by atomic mass is 32.2. The maximum absolute atomic E-state index is 12.4. The van der Waals surface area contributed by atoms with Gasteiger partial charge in [-0.3, -0.25) is 0 Å². The fraction of sp³-hybridized carbons (Fsp3) is 0.467. The Kier molecular flexibility index (Phi) is 5.77. The van der Waals surface area contributed by atoms with Gasteiger partial charge in [0.05, 0.1) is 18.5 Å². The summed E-state index contributed by atoms with van der Waals surface area (Å²) in [5.74, 6) is -0.847. The zero-order chi connectivity index (χ0) is 16.2. The number of hydrogen-bond donors (Lipinski definition) is 0. The Bertz CT molecular complexity index is 540. The van der Waals surface area contributed by atoms with Crippen molar-refractivity contribution in [2.24, 2.45) is 0 Å². The second-order valence-electron chi connectivity index (χ2n) is 4.84. The normalized spacial score (nSPS) is 24.1. The highest BCUT2D eigenvalue weighted by Crippen LogP contribution is 2.31. The van der Waals surface area contributed by atoms with E-state index in [0.29, 0.717) is 18.5 Å². The molecule has 0 saturated carbocycles. The summed E-state index contributed by atoms with van der Waals surface area (Å²) in [7, 11) is 0. The summed E-state index contributed by atoms with van der Waals surface area (Å²) in [4.78, 5) is 0. The number of rotatable bonds is 4. The van der Waals surface area contributed by atoms with Crippen LogP contribution in [0.3, 0.4) is 0 Å². The number of thioether (sulfide) groups is 1. The molecule has 1 aliphatic rings. The standard InChI is InChI=1S/C15H17F3O3S/c1-10(3-6-14-19-8-12(22-2)9-20-14)7-11-4-5-13(21-11)15(16,17)18/h3-7,12,14H,8-9H2,1-2H3/b6-3+,10-7+. The van der Waals surface area contributed by atoms with Crippen LogP contribution in [0.1, 0.15) is 18.4 Å². The van der Waals surface area contributed by atoms with Crippen molar-refractivity contribution in [1.29, 1.82) is 0 Å². The molecule has 0 N–H and O–H groups in total. The van der Waals surface area contributed by atoms with E-state index < -0.39 is 18.2 Å². The Labute approximate surface area is 131 Å².